The van der Waals surface area contributed by atoms with Gasteiger partial charge in [-0.15, -0.1) is 0 Å². The topological polar surface area (TPSA) is 149 Å². The summed E-state index contributed by atoms with van der Waals surface area (Å²) >= 11 is 0. The fraction of sp³-hybridized carbons (Fsp3) is 0.364. The number of hydrazine groups is 1. The number of urea groups is 1. The van der Waals surface area contributed by atoms with Crippen molar-refractivity contribution in [2.75, 3.05) is 13.6 Å². The Hall–Kier alpha value is -4.02. The average molecular weight is 455 g/mol. The molecule has 0 spiro atoms. The van der Waals surface area contributed by atoms with E-state index in [1.54, 1.807) is 18.2 Å². The van der Waals surface area contributed by atoms with Crippen molar-refractivity contribution in [3.63, 3.8) is 0 Å². The fourth-order valence-electron chi connectivity index (χ4n) is 3.75. The number of amides is 4. The Balaban J connectivity index is 1.68. The number of benzene rings is 1. The lowest BCUT2D eigenvalue weighted by molar-refractivity contribution is -0.140. The molecule has 2 aromatic rings. The van der Waals surface area contributed by atoms with Crippen LogP contribution in [-0.4, -0.2) is 75.3 Å². The van der Waals surface area contributed by atoms with Crippen molar-refractivity contribution in [2.45, 2.75) is 38.3 Å². The Morgan fingerprint density at radius 1 is 1.21 bits per heavy atom. The van der Waals surface area contributed by atoms with Gasteiger partial charge in [0.2, 0.25) is 5.91 Å². The molecule has 2 atom stereocenters. The molecule has 2 heterocycles. The molecular weight excluding hydrogens is 430 g/mol. The molecule has 1 fully saturated rings. The van der Waals surface area contributed by atoms with E-state index in [1.165, 1.54) is 25.1 Å². The molecule has 0 saturated carbocycles. The first kappa shape index (κ1) is 23.6. The Bertz CT molecular complexity index is 1100. The third-order valence-electron chi connectivity index (χ3n) is 5.43. The van der Waals surface area contributed by atoms with Gasteiger partial charge >= 0.3 is 12.0 Å². The molecular formula is C22H25N5O6. The average Bonchev–Trinajstić information content (AvgIpc) is 3.27. The lowest BCUT2D eigenvalue weighted by Crippen LogP contribution is -2.56. The molecule has 3 rings (SSSR count). The highest BCUT2D eigenvalue weighted by atomic mass is 16.4. The first-order valence-corrected chi connectivity index (χ1v) is 10.4. The van der Waals surface area contributed by atoms with Crippen LogP contribution >= 0.6 is 0 Å². The number of fused-ring (bicyclic) bond motifs is 1. The van der Waals surface area contributed by atoms with Gasteiger partial charge in [0.15, 0.2) is 5.78 Å². The second-order valence-electron chi connectivity index (χ2n) is 7.78. The van der Waals surface area contributed by atoms with Gasteiger partial charge in [-0.05, 0) is 31.2 Å². The van der Waals surface area contributed by atoms with Gasteiger partial charge in [0.1, 0.15) is 11.7 Å². The maximum atomic E-state index is 13.0. The van der Waals surface area contributed by atoms with Crippen LogP contribution in [0.25, 0.3) is 10.8 Å². The van der Waals surface area contributed by atoms with Gasteiger partial charge in [-0.25, -0.2) is 9.80 Å². The second kappa shape index (κ2) is 10.1. The number of nitrogens with one attached hydrogen (secondary N) is 2. The second-order valence-corrected chi connectivity index (χ2v) is 7.78. The zero-order chi connectivity index (χ0) is 24.1. The van der Waals surface area contributed by atoms with E-state index >= 15 is 0 Å². The summed E-state index contributed by atoms with van der Waals surface area (Å²) in [6.07, 6.45) is 1.85. The number of aromatic nitrogens is 1. The standard InChI is InChI=1S/C22H25N5O6/c1-13(28)16(12-18(29)30)24-20(31)17-8-5-11-27(17)22(33)26(2)25-21(32)19-15-7-4-3-6-14(15)9-10-23-19/h3-4,6-7,9-10,16-17H,5,8,11-12H2,1-2H3,(H,24,31)(H,25,32)(H,29,30)/t16-,17-/m0/s1. The van der Waals surface area contributed by atoms with Crippen molar-refractivity contribution >= 4 is 40.4 Å². The number of rotatable bonds is 6. The molecule has 1 aromatic heterocycles. The number of carboxylic acid groups (broad SMARTS) is 1. The lowest BCUT2D eigenvalue weighted by atomic mass is 10.1. The van der Waals surface area contributed by atoms with Crippen LogP contribution in [0.2, 0.25) is 0 Å². The van der Waals surface area contributed by atoms with Gasteiger partial charge in [-0.3, -0.25) is 29.6 Å². The number of Topliss-reactive ketones (excluding diaryl/α,β-unsaturated/α-hetero) is 1. The molecule has 174 valence electrons. The minimum absolute atomic E-state index is 0.154. The highest BCUT2D eigenvalue weighted by Crippen LogP contribution is 2.20. The van der Waals surface area contributed by atoms with Gasteiger partial charge in [0.25, 0.3) is 5.91 Å². The van der Waals surface area contributed by atoms with Gasteiger partial charge in [-0.2, -0.15) is 0 Å². The Labute approximate surface area is 189 Å². The number of hydrogen-bond acceptors (Lipinski definition) is 6. The SMILES string of the molecule is CC(=O)[C@H](CC(=O)O)NC(=O)[C@@H]1CCCN1C(=O)N(C)NC(=O)c1nccc2ccccc12. The molecule has 1 aromatic carbocycles. The summed E-state index contributed by atoms with van der Waals surface area (Å²) < 4.78 is 0. The third-order valence-corrected chi connectivity index (χ3v) is 5.43. The van der Waals surface area contributed by atoms with Gasteiger partial charge in [-0.1, -0.05) is 24.3 Å². The van der Waals surface area contributed by atoms with Crippen LogP contribution < -0.4 is 10.7 Å². The van der Waals surface area contributed by atoms with Crippen molar-refractivity contribution < 1.29 is 29.1 Å². The van der Waals surface area contributed by atoms with E-state index in [-0.39, 0.29) is 12.2 Å². The zero-order valence-electron chi connectivity index (χ0n) is 18.3. The number of likely N-dealkylation sites (tertiary alicyclic amines) is 1. The quantitative estimate of drug-likeness (QED) is 0.549. The van der Waals surface area contributed by atoms with Crippen LogP contribution in [0.15, 0.2) is 36.5 Å². The van der Waals surface area contributed by atoms with E-state index in [0.717, 1.165) is 10.4 Å². The number of nitrogens with zero attached hydrogens (tertiary/aromatic N) is 3. The van der Waals surface area contributed by atoms with E-state index in [2.05, 4.69) is 15.7 Å². The van der Waals surface area contributed by atoms with Crippen LogP contribution in [0, 0.1) is 0 Å². The molecule has 1 saturated heterocycles. The van der Waals surface area contributed by atoms with E-state index < -0.39 is 48.1 Å². The number of pyridine rings is 1. The van der Waals surface area contributed by atoms with Crippen LogP contribution in [0.4, 0.5) is 4.79 Å². The van der Waals surface area contributed by atoms with Crippen molar-refractivity contribution in [3.05, 3.63) is 42.2 Å². The van der Waals surface area contributed by atoms with Crippen LogP contribution in [-0.2, 0) is 14.4 Å². The lowest BCUT2D eigenvalue weighted by Gasteiger charge is -2.29. The smallest absolute Gasteiger partial charge is 0.339 e. The molecule has 0 bridgehead atoms. The summed E-state index contributed by atoms with van der Waals surface area (Å²) in [6, 6.07) is 6.31. The van der Waals surface area contributed by atoms with Crippen LogP contribution in [0.1, 0.15) is 36.7 Å². The molecule has 11 nitrogen and oxygen atoms in total. The molecule has 1 aliphatic heterocycles. The van der Waals surface area contributed by atoms with E-state index in [4.69, 9.17) is 5.11 Å². The first-order chi connectivity index (χ1) is 15.7. The van der Waals surface area contributed by atoms with Crippen molar-refractivity contribution in [1.29, 1.82) is 0 Å². The third kappa shape index (κ3) is 5.43. The highest BCUT2D eigenvalue weighted by molar-refractivity contribution is 6.05. The normalized spacial score (nSPS) is 16.2. The minimum atomic E-state index is -1.22. The summed E-state index contributed by atoms with van der Waals surface area (Å²) in [7, 11) is 1.36. The molecule has 4 amide bonds. The summed E-state index contributed by atoms with van der Waals surface area (Å²) in [5, 5.41) is 13.8. The largest absolute Gasteiger partial charge is 0.481 e. The Kier molecular flexibility index (Phi) is 7.21. The van der Waals surface area contributed by atoms with E-state index in [9.17, 15) is 24.0 Å². The summed E-state index contributed by atoms with van der Waals surface area (Å²) in [6.45, 7) is 1.46. The van der Waals surface area contributed by atoms with Gasteiger partial charge in [0, 0.05) is 25.2 Å². The van der Waals surface area contributed by atoms with Gasteiger partial charge in [0.05, 0.1) is 12.5 Å². The predicted molar refractivity (Wildman–Crippen MR) is 117 cm³/mol. The molecule has 33 heavy (non-hydrogen) atoms. The number of carbonyl (C=O) groups is 5. The highest BCUT2D eigenvalue weighted by Gasteiger charge is 2.37. The number of carboxylic acids is 1. The van der Waals surface area contributed by atoms with Crippen molar-refractivity contribution in [1.82, 2.24) is 25.6 Å². The monoisotopic (exact) mass is 455 g/mol. The van der Waals surface area contributed by atoms with Crippen LogP contribution in [0.5, 0.6) is 0 Å². The molecule has 11 heteroatoms. The summed E-state index contributed by atoms with van der Waals surface area (Å²) in [5.41, 5.74) is 2.64. The first-order valence-electron chi connectivity index (χ1n) is 10.4. The molecule has 0 unspecified atom stereocenters. The molecule has 0 aliphatic carbocycles. The fourth-order valence-corrected chi connectivity index (χ4v) is 3.75. The van der Waals surface area contributed by atoms with E-state index in [0.29, 0.717) is 18.2 Å². The predicted octanol–water partition coefficient (Wildman–Crippen LogP) is 0.944. The molecule has 3 N–H and O–H groups in total. The van der Waals surface area contributed by atoms with Crippen LogP contribution in [0.3, 0.4) is 0 Å². The summed E-state index contributed by atoms with van der Waals surface area (Å²) in [4.78, 5) is 66.5. The number of carbonyl (C=O) groups excluding carboxylic acids is 4. The molecule has 0 radical (unpaired) electrons. The van der Waals surface area contributed by atoms with Crippen molar-refractivity contribution in [3.8, 4) is 0 Å². The number of ketones is 1. The summed E-state index contributed by atoms with van der Waals surface area (Å²) in [5.74, 6) is -2.91. The van der Waals surface area contributed by atoms with Gasteiger partial charge < -0.3 is 15.3 Å². The Morgan fingerprint density at radius 2 is 1.94 bits per heavy atom. The Morgan fingerprint density at radius 3 is 2.64 bits per heavy atom. The van der Waals surface area contributed by atoms with Crippen molar-refractivity contribution in [2.24, 2.45) is 0 Å². The number of aliphatic carboxylic acids is 1. The zero-order valence-corrected chi connectivity index (χ0v) is 18.3. The maximum Gasteiger partial charge on any atom is 0.339 e. The van der Waals surface area contributed by atoms with E-state index in [1.807, 2.05) is 12.1 Å². The maximum absolute atomic E-state index is 13.0. The molecule has 1 aliphatic rings. The number of hydrogen-bond donors (Lipinski definition) is 3. The minimum Gasteiger partial charge on any atom is -0.481 e.